The molecule has 2 N–H and O–H groups in total. The number of terminal acetylenes is 1. The average Bonchev–Trinajstić information content (AvgIpc) is 2.38. The van der Waals surface area contributed by atoms with Crippen molar-refractivity contribution in [2.24, 2.45) is 0 Å². The molecule has 2 unspecified atom stereocenters. The van der Waals surface area contributed by atoms with Crippen LogP contribution in [0.5, 0.6) is 0 Å². The van der Waals surface area contributed by atoms with E-state index in [9.17, 15) is 23.8 Å². The first-order valence-corrected chi connectivity index (χ1v) is 6.68. The second-order valence-electron chi connectivity index (χ2n) is 5.91. The predicted octanol–water partition coefficient (Wildman–Crippen LogP) is 3.17. The van der Waals surface area contributed by atoms with Gasteiger partial charge in [-0.05, 0) is 39.0 Å². The van der Waals surface area contributed by atoms with Gasteiger partial charge in [0.15, 0.2) is 0 Å². The van der Waals surface area contributed by atoms with Crippen LogP contribution in [0.2, 0.25) is 0 Å². The number of aliphatic hydroxyl groups excluding tert-OH is 1. The molecular formula is C16H19F2NO3. The number of rotatable bonds is 4. The van der Waals surface area contributed by atoms with Gasteiger partial charge in [0.25, 0.3) is 0 Å². The van der Waals surface area contributed by atoms with Crippen LogP contribution >= 0.6 is 0 Å². The van der Waals surface area contributed by atoms with Gasteiger partial charge in [-0.3, -0.25) is 4.90 Å². The molecule has 0 aliphatic heterocycles. The Labute approximate surface area is 128 Å². The Balaban J connectivity index is 3.32. The molecule has 6 heteroatoms. The quantitative estimate of drug-likeness (QED) is 0.840. The van der Waals surface area contributed by atoms with Gasteiger partial charge in [0.05, 0.1) is 6.04 Å². The van der Waals surface area contributed by atoms with E-state index in [4.69, 9.17) is 6.42 Å². The van der Waals surface area contributed by atoms with E-state index in [-0.39, 0.29) is 12.0 Å². The molecule has 2 atom stereocenters. The lowest BCUT2D eigenvalue weighted by Gasteiger charge is -2.41. The lowest BCUT2D eigenvalue weighted by molar-refractivity contribution is 0.00695. The maximum atomic E-state index is 13.8. The first-order chi connectivity index (χ1) is 10.1. The highest BCUT2D eigenvalue weighted by Gasteiger charge is 2.38. The molecule has 0 bridgehead atoms. The van der Waals surface area contributed by atoms with Crippen LogP contribution in [0.3, 0.4) is 0 Å². The Morgan fingerprint density at radius 3 is 2.45 bits per heavy atom. The summed E-state index contributed by atoms with van der Waals surface area (Å²) in [7, 11) is 0. The number of hydrogen-bond donors (Lipinski definition) is 2. The number of carboxylic acid groups (broad SMARTS) is 1. The van der Waals surface area contributed by atoms with Crippen molar-refractivity contribution in [2.45, 2.75) is 44.9 Å². The molecule has 0 radical (unpaired) electrons. The molecule has 1 aromatic carbocycles. The highest BCUT2D eigenvalue weighted by atomic mass is 19.1. The smallest absolute Gasteiger partial charge is 0.408 e. The third-order valence-corrected chi connectivity index (χ3v) is 3.23. The lowest BCUT2D eigenvalue weighted by atomic mass is 9.94. The maximum absolute atomic E-state index is 13.8. The molecule has 4 nitrogen and oxygen atoms in total. The molecule has 1 rings (SSSR count). The van der Waals surface area contributed by atoms with Crippen LogP contribution in [-0.4, -0.2) is 32.8 Å². The highest BCUT2D eigenvalue weighted by molar-refractivity contribution is 5.66. The number of halogens is 2. The summed E-state index contributed by atoms with van der Waals surface area (Å²) in [4.78, 5) is 12.5. The summed E-state index contributed by atoms with van der Waals surface area (Å²) in [6.45, 7) is 4.87. The van der Waals surface area contributed by atoms with Gasteiger partial charge in [-0.25, -0.2) is 13.6 Å². The Bertz CT molecular complexity index is 590. The molecule has 22 heavy (non-hydrogen) atoms. The molecule has 1 aromatic rings. The third kappa shape index (κ3) is 3.95. The maximum Gasteiger partial charge on any atom is 0.408 e. The van der Waals surface area contributed by atoms with Gasteiger partial charge < -0.3 is 10.2 Å². The minimum absolute atomic E-state index is 0.138. The molecule has 0 spiro atoms. The van der Waals surface area contributed by atoms with Gasteiger partial charge in [-0.2, -0.15) is 0 Å². The minimum Gasteiger partial charge on any atom is -0.465 e. The van der Waals surface area contributed by atoms with Crippen molar-refractivity contribution in [3.05, 3.63) is 35.4 Å². The fourth-order valence-electron chi connectivity index (χ4n) is 2.34. The van der Waals surface area contributed by atoms with Gasteiger partial charge in [0.2, 0.25) is 0 Å². The van der Waals surface area contributed by atoms with Crippen molar-refractivity contribution in [1.82, 2.24) is 4.90 Å². The number of amides is 1. The second kappa shape index (κ2) is 6.75. The van der Waals surface area contributed by atoms with Gasteiger partial charge in [-0.1, -0.05) is 0 Å². The molecule has 0 aliphatic rings. The summed E-state index contributed by atoms with van der Waals surface area (Å²) in [6, 6.07) is 1.54. The van der Waals surface area contributed by atoms with Gasteiger partial charge >= 0.3 is 6.09 Å². The zero-order valence-electron chi connectivity index (χ0n) is 12.7. The summed E-state index contributed by atoms with van der Waals surface area (Å²) in [5.74, 6) is 0.726. The molecule has 0 heterocycles. The van der Waals surface area contributed by atoms with Crippen molar-refractivity contribution in [1.29, 1.82) is 0 Å². The Kier molecular flexibility index (Phi) is 5.50. The number of carbonyl (C=O) groups is 1. The van der Waals surface area contributed by atoms with Gasteiger partial charge in [0, 0.05) is 17.5 Å². The largest absolute Gasteiger partial charge is 0.465 e. The number of aliphatic hydroxyl groups is 1. The molecule has 0 saturated heterocycles. The van der Waals surface area contributed by atoms with E-state index >= 15 is 0 Å². The summed E-state index contributed by atoms with van der Waals surface area (Å²) < 4.78 is 27.1. The predicted molar refractivity (Wildman–Crippen MR) is 78.2 cm³/mol. The third-order valence-electron chi connectivity index (χ3n) is 3.23. The first kappa shape index (κ1) is 17.9. The fourth-order valence-corrected chi connectivity index (χ4v) is 2.34. The van der Waals surface area contributed by atoms with E-state index in [0.29, 0.717) is 0 Å². The number of benzene rings is 1. The summed E-state index contributed by atoms with van der Waals surface area (Å²) in [6.07, 6.45) is 2.22. The van der Waals surface area contributed by atoms with Crippen LogP contribution in [0.25, 0.3) is 0 Å². The average molecular weight is 311 g/mol. The number of hydrogen-bond acceptors (Lipinski definition) is 2. The van der Waals surface area contributed by atoms with Gasteiger partial charge in [0.1, 0.15) is 17.7 Å². The van der Waals surface area contributed by atoms with Crippen molar-refractivity contribution in [3.8, 4) is 12.3 Å². The zero-order chi connectivity index (χ0) is 17.1. The van der Waals surface area contributed by atoms with E-state index < -0.39 is 35.4 Å². The summed E-state index contributed by atoms with van der Waals surface area (Å²) >= 11 is 0. The molecule has 0 aromatic heterocycles. The van der Waals surface area contributed by atoms with Crippen LogP contribution in [0.4, 0.5) is 13.6 Å². The van der Waals surface area contributed by atoms with Crippen molar-refractivity contribution in [2.75, 3.05) is 0 Å². The standard InChI is InChI=1S/C16H19F2NO3/c1-5-6-13(19(15(21)22)16(2,3)4)14(20)11-9-10(17)7-8-12(11)18/h1,7-9,13-14,20H,6H2,2-4H3,(H,21,22). The van der Waals surface area contributed by atoms with E-state index in [1.165, 1.54) is 0 Å². The van der Waals surface area contributed by atoms with Crippen LogP contribution in [0, 0.1) is 24.0 Å². The summed E-state index contributed by atoms with van der Waals surface area (Å²) in [5, 5.41) is 19.8. The first-order valence-electron chi connectivity index (χ1n) is 6.68. The fraction of sp³-hybridized carbons (Fsp3) is 0.438. The van der Waals surface area contributed by atoms with Crippen molar-refractivity contribution in [3.63, 3.8) is 0 Å². The topological polar surface area (TPSA) is 60.8 Å². The van der Waals surface area contributed by atoms with Crippen LogP contribution in [0.1, 0.15) is 38.9 Å². The molecular weight excluding hydrogens is 292 g/mol. The van der Waals surface area contributed by atoms with Crippen LogP contribution < -0.4 is 0 Å². The Morgan fingerprint density at radius 1 is 1.41 bits per heavy atom. The van der Waals surface area contributed by atoms with E-state index in [1.54, 1.807) is 20.8 Å². The van der Waals surface area contributed by atoms with E-state index in [0.717, 1.165) is 23.1 Å². The lowest BCUT2D eigenvalue weighted by Crippen LogP contribution is -2.53. The molecule has 0 aliphatic carbocycles. The normalized spacial score (nSPS) is 14.0. The molecule has 1 amide bonds. The van der Waals surface area contributed by atoms with Crippen LogP contribution in [0.15, 0.2) is 18.2 Å². The molecule has 120 valence electrons. The van der Waals surface area contributed by atoms with Crippen LogP contribution in [-0.2, 0) is 0 Å². The van der Waals surface area contributed by atoms with E-state index in [2.05, 4.69) is 5.92 Å². The summed E-state index contributed by atoms with van der Waals surface area (Å²) in [5.41, 5.74) is -1.20. The second-order valence-corrected chi connectivity index (χ2v) is 5.91. The van der Waals surface area contributed by atoms with Crippen molar-refractivity contribution < 1.29 is 23.8 Å². The molecule has 0 fully saturated rings. The Morgan fingerprint density at radius 2 is 2.00 bits per heavy atom. The number of nitrogens with zero attached hydrogens (tertiary/aromatic N) is 1. The SMILES string of the molecule is C#CCC(C(O)c1cc(F)ccc1F)N(C(=O)O)C(C)(C)C. The zero-order valence-corrected chi connectivity index (χ0v) is 12.7. The Hall–Kier alpha value is -2.13. The minimum atomic E-state index is -1.58. The highest BCUT2D eigenvalue weighted by Crippen LogP contribution is 2.30. The van der Waals surface area contributed by atoms with Gasteiger partial charge in [-0.15, -0.1) is 12.3 Å². The molecule has 0 saturated carbocycles. The van der Waals surface area contributed by atoms with Crippen molar-refractivity contribution >= 4 is 6.09 Å². The monoisotopic (exact) mass is 311 g/mol. The van der Waals surface area contributed by atoms with E-state index in [1.807, 2.05) is 0 Å².